The molecule has 0 bridgehead atoms. The van der Waals surface area contributed by atoms with E-state index in [4.69, 9.17) is 22.5 Å². The van der Waals surface area contributed by atoms with Gasteiger partial charge in [0.05, 0.1) is 10.6 Å². The van der Waals surface area contributed by atoms with Gasteiger partial charge in [-0.2, -0.15) is 0 Å². The van der Waals surface area contributed by atoms with Crippen molar-refractivity contribution in [2.24, 2.45) is 10.9 Å². The average molecular weight is 270 g/mol. The number of halogens is 1. The number of oxime groups is 1. The third-order valence-corrected chi connectivity index (χ3v) is 3.07. The molecule has 0 saturated carbocycles. The molecule has 0 fully saturated rings. The number of hydrogen-bond acceptors (Lipinski definition) is 3. The zero-order valence-corrected chi connectivity index (χ0v) is 11.8. The van der Waals surface area contributed by atoms with Gasteiger partial charge in [0.25, 0.3) is 0 Å². The molecule has 0 aliphatic carbocycles. The van der Waals surface area contributed by atoms with Crippen molar-refractivity contribution in [2.45, 2.75) is 33.2 Å². The van der Waals surface area contributed by atoms with Crippen LogP contribution in [0.15, 0.2) is 23.4 Å². The Bertz CT molecular complexity index is 432. The van der Waals surface area contributed by atoms with Gasteiger partial charge in [0.15, 0.2) is 5.84 Å². The normalized spacial score (nSPS) is 11.9. The van der Waals surface area contributed by atoms with Crippen LogP contribution in [0.25, 0.3) is 0 Å². The van der Waals surface area contributed by atoms with Gasteiger partial charge in [-0.1, -0.05) is 29.7 Å². The lowest BCUT2D eigenvalue weighted by molar-refractivity contribution is 0.318. The first-order valence-corrected chi connectivity index (χ1v) is 6.43. The highest BCUT2D eigenvalue weighted by atomic mass is 35.5. The summed E-state index contributed by atoms with van der Waals surface area (Å²) in [7, 11) is 0. The van der Waals surface area contributed by atoms with Gasteiger partial charge >= 0.3 is 0 Å². The molecular weight excluding hydrogens is 250 g/mol. The SMILES string of the molecule is CCCN(c1cccc(Cl)c1C(N)=NO)C(C)C. The third kappa shape index (κ3) is 3.07. The Morgan fingerprint density at radius 3 is 2.67 bits per heavy atom. The number of anilines is 1. The summed E-state index contributed by atoms with van der Waals surface area (Å²) in [5, 5.41) is 12.4. The van der Waals surface area contributed by atoms with E-state index >= 15 is 0 Å². The van der Waals surface area contributed by atoms with Gasteiger partial charge in [-0.25, -0.2) is 0 Å². The van der Waals surface area contributed by atoms with Gasteiger partial charge in [-0.05, 0) is 32.4 Å². The van der Waals surface area contributed by atoms with E-state index in [1.807, 2.05) is 12.1 Å². The fourth-order valence-corrected chi connectivity index (χ4v) is 2.22. The summed E-state index contributed by atoms with van der Waals surface area (Å²) in [5.74, 6) is 0.0392. The highest BCUT2D eigenvalue weighted by Crippen LogP contribution is 2.28. The van der Waals surface area contributed by atoms with Gasteiger partial charge in [-0.3, -0.25) is 0 Å². The van der Waals surface area contributed by atoms with Gasteiger partial charge in [0.2, 0.25) is 0 Å². The second-order valence-electron chi connectivity index (χ2n) is 4.41. The highest BCUT2D eigenvalue weighted by molar-refractivity contribution is 6.34. The molecule has 0 aliphatic heterocycles. The molecule has 0 amide bonds. The van der Waals surface area contributed by atoms with Gasteiger partial charge in [0, 0.05) is 18.3 Å². The number of amidine groups is 1. The summed E-state index contributed by atoms with van der Waals surface area (Å²) in [5.41, 5.74) is 7.20. The lowest BCUT2D eigenvalue weighted by atomic mass is 10.1. The second-order valence-corrected chi connectivity index (χ2v) is 4.81. The average Bonchev–Trinajstić information content (AvgIpc) is 2.34. The molecule has 0 aromatic heterocycles. The standard InChI is InChI=1S/C13H20ClN3O/c1-4-8-17(9(2)3)11-7-5-6-10(14)12(11)13(15)16-18/h5-7,9,18H,4,8H2,1-3H3,(H2,15,16). The fourth-order valence-electron chi connectivity index (χ4n) is 1.95. The van der Waals surface area contributed by atoms with Crippen LogP contribution in [0.4, 0.5) is 5.69 Å². The van der Waals surface area contributed by atoms with Crippen molar-refractivity contribution >= 4 is 23.1 Å². The number of benzene rings is 1. The number of rotatable bonds is 5. The molecule has 0 saturated heterocycles. The van der Waals surface area contributed by atoms with Gasteiger partial charge in [-0.15, -0.1) is 0 Å². The van der Waals surface area contributed by atoms with Crippen LogP contribution in [0.1, 0.15) is 32.8 Å². The first-order chi connectivity index (χ1) is 8.52. The van der Waals surface area contributed by atoms with Crippen molar-refractivity contribution in [1.29, 1.82) is 0 Å². The summed E-state index contributed by atoms with van der Waals surface area (Å²) < 4.78 is 0. The summed E-state index contributed by atoms with van der Waals surface area (Å²) in [4.78, 5) is 2.19. The maximum absolute atomic E-state index is 8.87. The van der Waals surface area contributed by atoms with E-state index in [0.29, 0.717) is 16.6 Å². The zero-order valence-electron chi connectivity index (χ0n) is 11.0. The van der Waals surface area contributed by atoms with Gasteiger partial charge < -0.3 is 15.8 Å². The third-order valence-electron chi connectivity index (χ3n) is 2.75. The molecule has 1 rings (SSSR count). The molecule has 0 heterocycles. The molecule has 0 aliphatic rings. The second kappa shape index (κ2) is 6.50. The van der Waals surface area contributed by atoms with Crippen LogP contribution >= 0.6 is 11.6 Å². The Hall–Kier alpha value is -1.42. The van der Waals surface area contributed by atoms with Crippen LogP contribution in [0.2, 0.25) is 5.02 Å². The molecule has 5 heteroatoms. The first-order valence-electron chi connectivity index (χ1n) is 6.06. The maximum Gasteiger partial charge on any atom is 0.173 e. The lowest BCUT2D eigenvalue weighted by Gasteiger charge is -2.30. The minimum absolute atomic E-state index is 0.0392. The minimum Gasteiger partial charge on any atom is -0.409 e. The predicted molar refractivity (Wildman–Crippen MR) is 76.7 cm³/mol. The Balaban J connectivity index is 3.34. The van der Waals surface area contributed by atoms with Crippen molar-refractivity contribution in [2.75, 3.05) is 11.4 Å². The monoisotopic (exact) mass is 269 g/mol. The van der Waals surface area contributed by atoms with E-state index < -0.39 is 0 Å². The Morgan fingerprint density at radius 1 is 1.50 bits per heavy atom. The van der Waals surface area contributed by atoms with E-state index in [-0.39, 0.29) is 5.84 Å². The molecule has 1 aromatic carbocycles. The number of hydrogen-bond donors (Lipinski definition) is 2. The van der Waals surface area contributed by atoms with E-state index in [1.165, 1.54) is 0 Å². The summed E-state index contributed by atoms with van der Waals surface area (Å²) in [6.45, 7) is 7.21. The smallest absolute Gasteiger partial charge is 0.173 e. The molecular formula is C13H20ClN3O. The van der Waals surface area contributed by atoms with Crippen LogP contribution in [-0.2, 0) is 0 Å². The largest absolute Gasteiger partial charge is 0.409 e. The Labute approximate surface area is 113 Å². The minimum atomic E-state index is 0.0392. The van der Waals surface area contributed by atoms with Crippen molar-refractivity contribution < 1.29 is 5.21 Å². The number of nitrogens with zero attached hydrogens (tertiary/aromatic N) is 2. The molecule has 100 valence electrons. The van der Waals surface area contributed by atoms with E-state index in [2.05, 4.69) is 30.8 Å². The van der Waals surface area contributed by atoms with Crippen LogP contribution in [-0.4, -0.2) is 23.6 Å². The van der Waals surface area contributed by atoms with Crippen molar-refractivity contribution in [3.8, 4) is 0 Å². The van der Waals surface area contributed by atoms with Crippen LogP contribution < -0.4 is 10.6 Å². The van der Waals surface area contributed by atoms with Crippen LogP contribution in [0, 0.1) is 0 Å². The summed E-state index contributed by atoms with van der Waals surface area (Å²) >= 11 is 6.15. The molecule has 0 atom stereocenters. The summed E-state index contributed by atoms with van der Waals surface area (Å²) in [6.07, 6.45) is 1.01. The summed E-state index contributed by atoms with van der Waals surface area (Å²) in [6, 6.07) is 5.86. The highest BCUT2D eigenvalue weighted by Gasteiger charge is 2.18. The van der Waals surface area contributed by atoms with E-state index in [9.17, 15) is 0 Å². The molecule has 0 unspecified atom stereocenters. The quantitative estimate of drug-likeness (QED) is 0.374. The van der Waals surface area contributed by atoms with Crippen molar-refractivity contribution in [3.63, 3.8) is 0 Å². The zero-order chi connectivity index (χ0) is 13.7. The molecule has 3 N–H and O–H groups in total. The van der Waals surface area contributed by atoms with Crippen LogP contribution in [0.3, 0.4) is 0 Å². The molecule has 1 aromatic rings. The van der Waals surface area contributed by atoms with E-state index in [1.54, 1.807) is 6.07 Å². The Kier molecular flexibility index (Phi) is 5.28. The first kappa shape index (κ1) is 14.6. The fraction of sp³-hybridized carbons (Fsp3) is 0.462. The predicted octanol–water partition coefficient (Wildman–Crippen LogP) is 3.06. The van der Waals surface area contributed by atoms with Gasteiger partial charge in [0.1, 0.15) is 0 Å². The molecule has 18 heavy (non-hydrogen) atoms. The van der Waals surface area contributed by atoms with E-state index in [0.717, 1.165) is 18.7 Å². The maximum atomic E-state index is 8.87. The van der Waals surface area contributed by atoms with Crippen molar-refractivity contribution in [3.05, 3.63) is 28.8 Å². The van der Waals surface area contributed by atoms with Crippen molar-refractivity contribution in [1.82, 2.24) is 0 Å². The number of nitrogens with two attached hydrogens (primary N) is 1. The van der Waals surface area contributed by atoms with Crippen LogP contribution in [0.5, 0.6) is 0 Å². The Morgan fingerprint density at radius 2 is 2.17 bits per heavy atom. The lowest BCUT2D eigenvalue weighted by Crippen LogP contribution is -2.33. The molecule has 0 spiro atoms. The molecule has 4 nitrogen and oxygen atoms in total. The topological polar surface area (TPSA) is 61.8 Å². The molecule has 0 radical (unpaired) electrons.